The summed E-state index contributed by atoms with van der Waals surface area (Å²) >= 11 is -1.88. The van der Waals surface area contributed by atoms with Crippen molar-refractivity contribution >= 4 is 48.4 Å². The average molecular weight is 1010 g/mol. The van der Waals surface area contributed by atoms with Gasteiger partial charge in [-0.25, -0.2) is 0 Å². The number of hydrogen-bond acceptors (Lipinski definition) is 3. The van der Waals surface area contributed by atoms with E-state index in [2.05, 4.69) is 138 Å². The monoisotopic (exact) mass is 1010 g/mol. The Morgan fingerprint density at radius 2 is 1.03 bits per heavy atom. The zero-order valence-corrected chi connectivity index (χ0v) is 44.7. The van der Waals surface area contributed by atoms with Gasteiger partial charge in [-0.2, -0.15) is 6.67 Å². The number of aryl methyl sites for hydroxylation is 6. The van der Waals surface area contributed by atoms with E-state index in [1.165, 1.54) is 84.0 Å². The van der Waals surface area contributed by atoms with Gasteiger partial charge in [-0.1, -0.05) is 54.7 Å². The van der Waals surface area contributed by atoms with Crippen molar-refractivity contribution in [2.45, 2.75) is 161 Å². The molecule has 0 spiro atoms. The molecule has 4 fully saturated rings. The fourth-order valence-electron chi connectivity index (χ4n) is 12.2. The molecule has 7 heteroatoms. The third-order valence-electron chi connectivity index (χ3n) is 14.7. The Labute approximate surface area is 403 Å². The summed E-state index contributed by atoms with van der Waals surface area (Å²) in [5, 5.41) is 0. The van der Waals surface area contributed by atoms with E-state index in [9.17, 15) is 0 Å². The Morgan fingerprint density at radius 1 is 0.594 bits per heavy atom. The first-order valence-corrected chi connectivity index (χ1v) is 31.8. The predicted octanol–water partition coefficient (Wildman–Crippen LogP) is 15.7. The van der Waals surface area contributed by atoms with Crippen LogP contribution in [-0.2, 0) is 13.5 Å². The number of nitrogens with zero attached hydrogens (tertiary/aromatic N) is 3. The second kappa shape index (κ2) is 23.6. The summed E-state index contributed by atoms with van der Waals surface area (Å²) in [6, 6.07) is 28.3. The fraction of sp³-hybridized carbons (Fsp3) is 0.509. The average Bonchev–Trinajstić information content (AvgIpc) is 3.86. The standard InChI is InChI=1S/C24H34N3.C18H33P.C15H10.2ClH.Ru/c1-16-9-18(3)23(19(4)10-16)26-14-22(13-25(7)8)27(15-26)24-20(5)11-17(2)12-21(24)6;1-4-10-16(11-5-1)19(17-12-6-2-7-13-17)18-14-8-3-9-15-18;1-2-6-12(7-3-1)15-11-10-13-8-4-5-9-14(13)15;;;/h9-12,15,22H,13-14H2,1-8H3;16-18H,1-15H2;1-9,11H;2*1H;/q-1;;;;;+2/p-1. The molecule has 4 aromatic carbocycles. The van der Waals surface area contributed by atoms with Crippen LogP contribution in [0.25, 0.3) is 5.57 Å². The van der Waals surface area contributed by atoms with Crippen LogP contribution in [0.5, 0.6) is 0 Å². The molecule has 0 amide bonds. The zero-order chi connectivity index (χ0) is 45.3. The van der Waals surface area contributed by atoms with Crippen molar-refractivity contribution in [3.8, 4) is 0 Å². The van der Waals surface area contributed by atoms with Crippen molar-refractivity contribution in [1.29, 1.82) is 0 Å². The normalized spacial score (nSPS) is 19.9. The maximum atomic E-state index is 6.19. The van der Waals surface area contributed by atoms with Crippen LogP contribution < -0.4 is 9.80 Å². The number of allylic oxidation sites excluding steroid dienone is 1. The molecule has 0 radical (unpaired) electrons. The van der Waals surface area contributed by atoms with E-state index in [-0.39, 0.29) is 7.92 Å². The minimum absolute atomic E-state index is 0.0465. The zero-order valence-electron chi connectivity index (χ0n) is 40.4. The molecule has 64 heavy (non-hydrogen) atoms. The molecule has 1 heterocycles. The van der Waals surface area contributed by atoms with E-state index in [4.69, 9.17) is 19.4 Å². The molecule has 9 rings (SSSR count). The van der Waals surface area contributed by atoms with Gasteiger partial charge in [-0.3, -0.25) is 0 Å². The summed E-state index contributed by atoms with van der Waals surface area (Å²) in [4.78, 5) is 7.25. The summed E-state index contributed by atoms with van der Waals surface area (Å²) in [6.45, 7) is 17.7. The maximum absolute atomic E-state index is 6.19. The molecule has 3 nitrogen and oxygen atoms in total. The third kappa shape index (κ3) is 12.4. The third-order valence-corrected chi connectivity index (χ3v) is 22.3. The Bertz CT molecular complexity index is 2120. The van der Waals surface area contributed by atoms with Gasteiger partial charge in [0.25, 0.3) is 0 Å². The van der Waals surface area contributed by atoms with Gasteiger partial charge < -0.3 is 14.7 Å². The Morgan fingerprint density at radius 3 is 1.48 bits per heavy atom. The number of fused-ring (bicyclic) bond motifs is 1. The molecule has 5 aliphatic rings. The van der Waals surface area contributed by atoms with Gasteiger partial charge in [-0.05, 0) is 155 Å². The van der Waals surface area contributed by atoms with Crippen LogP contribution in [-0.4, -0.2) is 59.2 Å². The van der Waals surface area contributed by atoms with Gasteiger partial charge in [0.15, 0.2) is 0 Å². The molecule has 4 aromatic rings. The number of benzene rings is 4. The van der Waals surface area contributed by atoms with Gasteiger partial charge in [0, 0.05) is 38.4 Å². The molecule has 3 saturated carbocycles. The summed E-state index contributed by atoms with van der Waals surface area (Å²) < 4.78 is 1.12. The van der Waals surface area contributed by atoms with Crippen LogP contribution in [0.15, 0.2) is 84.9 Å². The van der Waals surface area contributed by atoms with Crippen LogP contribution in [0.2, 0.25) is 0 Å². The topological polar surface area (TPSA) is 9.72 Å². The van der Waals surface area contributed by atoms with E-state index < -0.39 is 13.5 Å². The summed E-state index contributed by atoms with van der Waals surface area (Å²) in [7, 11) is 16.7. The fourth-order valence-corrected chi connectivity index (χ4v) is 19.9. The van der Waals surface area contributed by atoms with E-state index in [0.29, 0.717) is 6.04 Å². The van der Waals surface area contributed by atoms with Gasteiger partial charge in [0.05, 0.1) is 17.0 Å². The van der Waals surface area contributed by atoms with Gasteiger partial charge in [0.2, 0.25) is 0 Å². The molecule has 1 saturated heterocycles. The first-order valence-electron chi connectivity index (χ1n) is 24.7. The van der Waals surface area contributed by atoms with Gasteiger partial charge >= 0.3 is 120 Å². The van der Waals surface area contributed by atoms with Crippen LogP contribution >= 0.6 is 27.3 Å². The molecule has 0 N–H and O–H groups in total. The van der Waals surface area contributed by atoms with Crippen molar-refractivity contribution in [2.24, 2.45) is 0 Å². The number of rotatable bonds is 8. The molecule has 1 aliphatic heterocycles. The summed E-state index contributed by atoms with van der Waals surface area (Å²) in [5.74, 6) is 0. The van der Waals surface area contributed by atoms with E-state index >= 15 is 0 Å². The second-order valence-corrected chi connectivity index (χ2v) is 29.3. The number of halogens is 2. The Hall–Kier alpha value is -2.32. The number of likely N-dealkylation sites (N-methyl/N-ethyl adjacent to an activating group) is 1. The van der Waals surface area contributed by atoms with Gasteiger partial charge in [-0.15, -0.1) is 0 Å². The first-order chi connectivity index (χ1) is 30.9. The van der Waals surface area contributed by atoms with Crippen molar-refractivity contribution in [3.63, 3.8) is 0 Å². The summed E-state index contributed by atoms with van der Waals surface area (Å²) in [6.07, 6.45) is 25.9. The van der Waals surface area contributed by atoms with Crippen molar-refractivity contribution in [3.05, 3.63) is 142 Å². The molecule has 0 bridgehead atoms. The van der Waals surface area contributed by atoms with Crippen molar-refractivity contribution < 1.29 is 13.5 Å². The molecule has 1 atom stereocenters. The first kappa shape index (κ1) is 49.6. The van der Waals surface area contributed by atoms with E-state index in [1.54, 1.807) is 96.3 Å². The molecular formula is C57H78Cl2N3PRu. The molecule has 348 valence electrons. The Kier molecular flexibility index (Phi) is 18.3. The quantitative estimate of drug-likeness (QED) is 0.0989. The van der Waals surface area contributed by atoms with Crippen LogP contribution in [0.4, 0.5) is 11.4 Å². The van der Waals surface area contributed by atoms with Crippen LogP contribution in [0.1, 0.15) is 146 Å². The van der Waals surface area contributed by atoms with Gasteiger partial charge in [0.1, 0.15) is 0 Å². The molecule has 0 aromatic heterocycles. The second-order valence-electron chi connectivity index (χ2n) is 20.1. The van der Waals surface area contributed by atoms with E-state index in [1.807, 2.05) is 24.3 Å². The Balaban J connectivity index is 0.000000147. The van der Waals surface area contributed by atoms with Crippen molar-refractivity contribution in [2.75, 3.05) is 37.0 Å². The molecular weight excluding hydrogens is 930 g/mol. The number of anilines is 2. The predicted molar refractivity (Wildman–Crippen MR) is 282 cm³/mol. The van der Waals surface area contributed by atoms with Crippen LogP contribution in [0.3, 0.4) is 0 Å². The molecule has 1 unspecified atom stereocenters. The SMILES string of the molecule is C1CCC([PH+](C2CCCCC2)C2CCCCC2)CC1.Cc1cc(C)c(N2[CH-]N(c3c(C)cc(C)cc3C)C(CN(C)C)C2)c(C)c1.[Cl][Ru]([Cl])=[C]1C=C(c2ccccc2)c2ccccc21. The summed E-state index contributed by atoms with van der Waals surface area (Å²) in [5.41, 5.74) is 19.3. The minimum atomic E-state index is -1.88. The number of hydrogen-bond donors (Lipinski definition) is 0. The van der Waals surface area contributed by atoms with Crippen molar-refractivity contribution in [1.82, 2.24) is 4.90 Å². The molecule has 4 aliphatic carbocycles. The van der Waals surface area contributed by atoms with E-state index in [0.717, 1.165) is 17.2 Å². The van der Waals surface area contributed by atoms with Crippen LogP contribution in [0, 0.1) is 48.2 Å².